The maximum atomic E-state index is 12.6. The van der Waals surface area contributed by atoms with Crippen LogP contribution in [-0.2, 0) is 7.05 Å². The average Bonchev–Trinajstić information content (AvgIpc) is 2.86. The summed E-state index contributed by atoms with van der Waals surface area (Å²) in [6.45, 7) is 3.36. The van der Waals surface area contributed by atoms with Gasteiger partial charge in [-0.25, -0.2) is 0 Å². The van der Waals surface area contributed by atoms with Gasteiger partial charge in [0.15, 0.2) is 5.69 Å². The minimum absolute atomic E-state index is 0.0365. The SMILES string of the molecule is Cn1nc(C(=O)N[C@H]2CN3CCC2CC3)c2ccccc21. The van der Waals surface area contributed by atoms with Crippen molar-refractivity contribution in [2.75, 3.05) is 19.6 Å². The zero-order valence-corrected chi connectivity index (χ0v) is 12.2. The van der Waals surface area contributed by atoms with E-state index in [4.69, 9.17) is 0 Å². The molecule has 3 saturated heterocycles. The van der Waals surface area contributed by atoms with E-state index in [9.17, 15) is 4.79 Å². The molecule has 5 nitrogen and oxygen atoms in total. The molecule has 5 rings (SSSR count). The molecule has 110 valence electrons. The van der Waals surface area contributed by atoms with Gasteiger partial charge in [0.05, 0.1) is 5.52 Å². The van der Waals surface area contributed by atoms with Gasteiger partial charge in [0, 0.05) is 25.0 Å². The van der Waals surface area contributed by atoms with Crippen molar-refractivity contribution in [1.82, 2.24) is 20.0 Å². The molecule has 0 saturated carbocycles. The fourth-order valence-electron chi connectivity index (χ4n) is 3.75. The highest BCUT2D eigenvalue weighted by atomic mass is 16.2. The van der Waals surface area contributed by atoms with Gasteiger partial charge >= 0.3 is 0 Å². The number of carbonyl (C=O) groups excluding carboxylic acids is 1. The highest BCUT2D eigenvalue weighted by molar-refractivity contribution is 6.04. The van der Waals surface area contributed by atoms with Crippen LogP contribution in [0.1, 0.15) is 23.3 Å². The summed E-state index contributed by atoms with van der Waals surface area (Å²) < 4.78 is 1.78. The second-order valence-corrected chi connectivity index (χ2v) is 6.21. The lowest BCUT2D eigenvalue weighted by atomic mass is 9.84. The topological polar surface area (TPSA) is 50.2 Å². The van der Waals surface area contributed by atoms with Crippen LogP contribution < -0.4 is 5.32 Å². The molecule has 1 N–H and O–H groups in total. The smallest absolute Gasteiger partial charge is 0.272 e. The molecule has 3 aliphatic rings. The van der Waals surface area contributed by atoms with E-state index < -0.39 is 0 Å². The Hall–Kier alpha value is -1.88. The standard InChI is InChI=1S/C16H20N4O/c1-19-14-5-3-2-4-12(14)15(18-19)16(21)17-13-10-20-8-6-11(13)7-9-20/h2-5,11,13H,6-10H2,1H3,(H,17,21)/t13-/m0/s1. The molecule has 1 aromatic heterocycles. The first kappa shape index (κ1) is 12.8. The summed E-state index contributed by atoms with van der Waals surface area (Å²) in [7, 11) is 1.88. The monoisotopic (exact) mass is 284 g/mol. The molecular formula is C16H20N4O. The second kappa shape index (κ2) is 4.84. The van der Waals surface area contributed by atoms with Crippen molar-refractivity contribution in [2.24, 2.45) is 13.0 Å². The van der Waals surface area contributed by atoms with Crippen molar-refractivity contribution in [2.45, 2.75) is 18.9 Å². The molecule has 4 heterocycles. The van der Waals surface area contributed by atoms with Crippen LogP contribution >= 0.6 is 0 Å². The van der Waals surface area contributed by atoms with Gasteiger partial charge in [-0.15, -0.1) is 0 Å². The molecule has 1 atom stereocenters. The Morgan fingerprint density at radius 1 is 1.29 bits per heavy atom. The largest absolute Gasteiger partial charge is 0.346 e. The van der Waals surface area contributed by atoms with Crippen molar-refractivity contribution < 1.29 is 4.79 Å². The highest BCUT2D eigenvalue weighted by Gasteiger charge is 2.35. The summed E-state index contributed by atoms with van der Waals surface area (Å²) in [4.78, 5) is 15.1. The third-order valence-electron chi connectivity index (χ3n) is 4.95. The molecule has 0 aliphatic carbocycles. The number of para-hydroxylation sites is 1. The maximum absolute atomic E-state index is 12.6. The minimum Gasteiger partial charge on any atom is -0.346 e. The molecule has 0 spiro atoms. The lowest BCUT2D eigenvalue weighted by molar-refractivity contribution is 0.0618. The summed E-state index contributed by atoms with van der Waals surface area (Å²) in [5, 5.41) is 8.55. The molecule has 2 aromatic rings. The highest BCUT2D eigenvalue weighted by Crippen LogP contribution is 2.28. The van der Waals surface area contributed by atoms with E-state index in [0.29, 0.717) is 11.6 Å². The lowest BCUT2D eigenvalue weighted by Gasteiger charge is -2.44. The number of amides is 1. The molecule has 21 heavy (non-hydrogen) atoms. The van der Waals surface area contributed by atoms with E-state index in [0.717, 1.165) is 17.4 Å². The van der Waals surface area contributed by atoms with Gasteiger partial charge in [0.25, 0.3) is 5.91 Å². The van der Waals surface area contributed by atoms with Gasteiger partial charge in [-0.1, -0.05) is 18.2 Å². The minimum atomic E-state index is -0.0365. The lowest BCUT2D eigenvalue weighted by Crippen LogP contribution is -2.57. The Balaban J connectivity index is 1.59. The molecule has 5 heteroatoms. The number of aryl methyl sites for hydroxylation is 1. The summed E-state index contributed by atoms with van der Waals surface area (Å²) in [5.74, 6) is 0.597. The number of rotatable bonds is 2. The van der Waals surface area contributed by atoms with Crippen molar-refractivity contribution in [3.8, 4) is 0 Å². The summed E-state index contributed by atoms with van der Waals surface area (Å²) in [6, 6.07) is 8.16. The molecule has 3 aliphatic heterocycles. The molecule has 1 amide bonds. The van der Waals surface area contributed by atoms with Crippen LogP contribution in [0.3, 0.4) is 0 Å². The Bertz CT molecular complexity index is 685. The normalized spacial score (nSPS) is 28.0. The van der Waals surface area contributed by atoms with E-state index in [2.05, 4.69) is 15.3 Å². The number of aromatic nitrogens is 2. The Labute approximate surface area is 123 Å². The first-order chi connectivity index (χ1) is 10.2. The van der Waals surface area contributed by atoms with Crippen molar-refractivity contribution in [1.29, 1.82) is 0 Å². The quantitative estimate of drug-likeness (QED) is 0.907. The molecule has 0 unspecified atom stereocenters. The van der Waals surface area contributed by atoms with Crippen LogP contribution in [0, 0.1) is 5.92 Å². The van der Waals surface area contributed by atoms with Crippen LogP contribution in [0.5, 0.6) is 0 Å². The van der Waals surface area contributed by atoms with Crippen molar-refractivity contribution in [3.05, 3.63) is 30.0 Å². The Kier molecular flexibility index (Phi) is 2.96. The van der Waals surface area contributed by atoms with E-state index in [-0.39, 0.29) is 11.9 Å². The summed E-state index contributed by atoms with van der Waals surface area (Å²) >= 11 is 0. The van der Waals surface area contributed by atoms with Gasteiger partial charge in [-0.2, -0.15) is 5.10 Å². The van der Waals surface area contributed by atoms with E-state index >= 15 is 0 Å². The van der Waals surface area contributed by atoms with Crippen LogP contribution in [0.4, 0.5) is 0 Å². The molecular weight excluding hydrogens is 264 g/mol. The number of piperidine rings is 3. The fraction of sp³-hybridized carbons (Fsp3) is 0.500. The number of fused-ring (bicyclic) bond motifs is 4. The van der Waals surface area contributed by atoms with Gasteiger partial charge in [0.1, 0.15) is 0 Å². The predicted molar refractivity (Wildman–Crippen MR) is 81.1 cm³/mol. The van der Waals surface area contributed by atoms with Gasteiger partial charge in [-0.3, -0.25) is 9.48 Å². The van der Waals surface area contributed by atoms with Crippen molar-refractivity contribution in [3.63, 3.8) is 0 Å². The van der Waals surface area contributed by atoms with Gasteiger partial charge in [0.2, 0.25) is 0 Å². The first-order valence-electron chi connectivity index (χ1n) is 7.67. The van der Waals surface area contributed by atoms with Crippen LogP contribution in [-0.4, -0.2) is 46.3 Å². The number of nitrogens with one attached hydrogen (secondary N) is 1. The summed E-state index contributed by atoms with van der Waals surface area (Å²) in [6.07, 6.45) is 2.40. The van der Waals surface area contributed by atoms with Crippen molar-refractivity contribution >= 4 is 16.8 Å². The van der Waals surface area contributed by atoms with Gasteiger partial charge < -0.3 is 10.2 Å². The van der Waals surface area contributed by atoms with E-state index in [1.165, 1.54) is 25.9 Å². The number of nitrogens with zero attached hydrogens (tertiary/aromatic N) is 3. The molecule has 0 radical (unpaired) electrons. The third-order valence-corrected chi connectivity index (χ3v) is 4.95. The maximum Gasteiger partial charge on any atom is 0.272 e. The van der Waals surface area contributed by atoms with Crippen LogP contribution in [0.25, 0.3) is 10.9 Å². The number of hydrogen-bond acceptors (Lipinski definition) is 3. The second-order valence-electron chi connectivity index (χ2n) is 6.21. The average molecular weight is 284 g/mol. The molecule has 1 aromatic carbocycles. The molecule has 2 bridgehead atoms. The van der Waals surface area contributed by atoms with Crippen LogP contribution in [0.15, 0.2) is 24.3 Å². The summed E-state index contributed by atoms with van der Waals surface area (Å²) in [5.41, 5.74) is 1.54. The van der Waals surface area contributed by atoms with E-state index in [1.807, 2.05) is 31.3 Å². The van der Waals surface area contributed by atoms with E-state index in [1.54, 1.807) is 4.68 Å². The number of carbonyl (C=O) groups is 1. The predicted octanol–water partition coefficient (Wildman–Crippen LogP) is 1.40. The third kappa shape index (κ3) is 2.12. The zero-order valence-electron chi connectivity index (χ0n) is 12.2. The Morgan fingerprint density at radius 3 is 2.76 bits per heavy atom. The molecule has 3 fully saturated rings. The fourth-order valence-corrected chi connectivity index (χ4v) is 3.75. The van der Waals surface area contributed by atoms with Gasteiger partial charge in [-0.05, 0) is 37.9 Å². The zero-order chi connectivity index (χ0) is 14.4. The number of benzene rings is 1. The van der Waals surface area contributed by atoms with Crippen LogP contribution in [0.2, 0.25) is 0 Å². The first-order valence-corrected chi connectivity index (χ1v) is 7.67. The number of hydrogen-bond donors (Lipinski definition) is 1. The Morgan fingerprint density at radius 2 is 2.05 bits per heavy atom.